The maximum atomic E-state index is 12.1. The quantitative estimate of drug-likeness (QED) is 0.451. The van der Waals surface area contributed by atoms with E-state index < -0.39 is 0 Å². The number of pyridine rings is 1. The molecule has 10 heteroatoms. The zero-order chi connectivity index (χ0) is 22.6. The molecule has 1 fully saturated rings. The number of aryl methyl sites for hydroxylation is 1. The summed E-state index contributed by atoms with van der Waals surface area (Å²) in [5.41, 5.74) is 4.31. The molecular formula is C23H22N8O2. The number of rotatable bonds is 6. The molecule has 0 unspecified atom stereocenters. The van der Waals surface area contributed by atoms with Crippen LogP contribution in [0.15, 0.2) is 55.2 Å². The van der Waals surface area contributed by atoms with Crippen molar-refractivity contribution in [1.82, 2.24) is 24.9 Å². The molecule has 1 saturated heterocycles. The van der Waals surface area contributed by atoms with Crippen molar-refractivity contribution >= 4 is 46.3 Å². The average molecular weight is 442 g/mol. The van der Waals surface area contributed by atoms with Crippen LogP contribution in [0.25, 0.3) is 11.2 Å². The van der Waals surface area contributed by atoms with Gasteiger partial charge in [0.25, 0.3) is 0 Å². The highest BCUT2D eigenvalue weighted by Crippen LogP contribution is 2.31. The molecule has 0 saturated carbocycles. The number of ether oxygens (including phenoxy) is 1. The van der Waals surface area contributed by atoms with E-state index in [-0.39, 0.29) is 0 Å². The van der Waals surface area contributed by atoms with E-state index in [1.54, 1.807) is 23.5 Å². The van der Waals surface area contributed by atoms with Crippen LogP contribution < -0.4 is 15.1 Å². The summed E-state index contributed by atoms with van der Waals surface area (Å²) < 4.78 is 5.43. The number of morpholine rings is 1. The minimum Gasteiger partial charge on any atom is -0.378 e. The van der Waals surface area contributed by atoms with Crippen LogP contribution in [-0.4, -0.2) is 57.6 Å². The maximum absolute atomic E-state index is 12.1. The van der Waals surface area contributed by atoms with E-state index in [0.29, 0.717) is 35.9 Å². The second kappa shape index (κ2) is 9.13. The number of hydrogen-bond donors (Lipinski definition) is 1. The average Bonchev–Trinajstić information content (AvgIpc) is 2.87. The molecular weight excluding hydrogens is 420 g/mol. The number of amides is 1. The van der Waals surface area contributed by atoms with Crippen molar-refractivity contribution < 1.29 is 9.53 Å². The minimum atomic E-state index is 0.505. The van der Waals surface area contributed by atoms with E-state index >= 15 is 0 Å². The van der Waals surface area contributed by atoms with Gasteiger partial charge in [0.15, 0.2) is 17.0 Å². The van der Waals surface area contributed by atoms with Gasteiger partial charge in [-0.05, 0) is 30.7 Å². The lowest BCUT2D eigenvalue weighted by Gasteiger charge is -2.28. The fourth-order valence-corrected chi connectivity index (χ4v) is 3.70. The summed E-state index contributed by atoms with van der Waals surface area (Å²) >= 11 is 0. The van der Waals surface area contributed by atoms with Crippen molar-refractivity contribution in [3.05, 3.63) is 60.8 Å². The van der Waals surface area contributed by atoms with Crippen LogP contribution in [-0.2, 0) is 9.53 Å². The van der Waals surface area contributed by atoms with E-state index in [1.165, 1.54) is 6.33 Å². The van der Waals surface area contributed by atoms with Crippen molar-refractivity contribution in [2.45, 2.75) is 6.92 Å². The summed E-state index contributed by atoms with van der Waals surface area (Å²) in [6, 6.07) is 9.50. The fourth-order valence-electron chi connectivity index (χ4n) is 3.70. The van der Waals surface area contributed by atoms with Crippen LogP contribution in [0.4, 0.5) is 28.7 Å². The lowest BCUT2D eigenvalue weighted by molar-refractivity contribution is -0.106. The number of fused-ring (bicyclic) bond motifs is 1. The minimum absolute atomic E-state index is 0.505. The van der Waals surface area contributed by atoms with Gasteiger partial charge in [-0.15, -0.1) is 0 Å². The number of nitrogens with zero attached hydrogens (tertiary/aromatic N) is 7. The highest BCUT2D eigenvalue weighted by molar-refractivity contribution is 5.90. The molecule has 5 rings (SSSR count). The summed E-state index contributed by atoms with van der Waals surface area (Å²) in [6.07, 6.45) is 7.16. The first-order chi connectivity index (χ1) is 16.2. The third-order valence-corrected chi connectivity index (χ3v) is 5.47. The van der Waals surface area contributed by atoms with Crippen molar-refractivity contribution in [1.29, 1.82) is 0 Å². The van der Waals surface area contributed by atoms with E-state index in [9.17, 15) is 4.79 Å². The number of benzene rings is 1. The molecule has 3 aromatic heterocycles. The molecule has 0 atom stereocenters. The van der Waals surface area contributed by atoms with Crippen molar-refractivity contribution in [2.24, 2.45) is 0 Å². The van der Waals surface area contributed by atoms with E-state index in [1.807, 2.05) is 37.3 Å². The van der Waals surface area contributed by atoms with Crippen LogP contribution in [0.2, 0.25) is 0 Å². The number of nitrogens with one attached hydrogen (secondary N) is 1. The summed E-state index contributed by atoms with van der Waals surface area (Å²) in [7, 11) is 0. The first-order valence-electron chi connectivity index (χ1n) is 10.6. The lowest BCUT2D eigenvalue weighted by Crippen LogP contribution is -2.36. The molecule has 1 N–H and O–H groups in total. The van der Waals surface area contributed by atoms with Crippen LogP contribution in [0, 0.1) is 6.92 Å². The smallest absolute Gasteiger partial charge is 0.218 e. The molecule has 166 valence electrons. The van der Waals surface area contributed by atoms with Gasteiger partial charge in [0.2, 0.25) is 6.41 Å². The topological polar surface area (TPSA) is 109 Å². The molecule has 4 heterocycles. The zero-order valence-corrected chi connectivity index (χ0v) is 18.0. The Morgan fingerprint density at radius 2 is 1.79 bits per heavy atom. The van der Waals surface area contributed by atoms with Gasteiger partial charge in [-0.25, -0.2) is 24.9 Å². The largest absolute Gasteiger partial charge is 0.378 e. The standard InChI is InChI=1S/C23H22N8O2/c1-16-2-3-17(12-19(16)29-23-21-22(27-14-28-23)26-7-6-25-21)31(15-32)18-4-5-24-20(13-18)30-8-10-33-11-9-30/h2-7,12-15H,8-11H2,1H3,(H,26,27,28,29). The molecule has 0 aliphatic carbocycles. The lowest BCUT2D eigenvalue weighted by atomic mass is 10.1. The first kappa shape index (κ1) is 20.7. The van der Waals surface area contributed by atoms with Crippen LogP contribution >= 0.6 is 0 Å². The van der Waals surface area contributed by atoms with Gasteiger partial charge >= 0.3 is 0 Å². The molecule has 10 nitrogen and oxygen atoms in total. The molecule has 4 aromatic rings. The van der Waals surface area contributed by atoms with Crippen molar-refractivity contribution in [3.63, 3.8) is 0 Å². The summed E-state index contributed by atoms with van der Waals surface area (Å²) in [4.78, 5) is 37.4. The number of carbonyl (C=O) groups is 1. The molecule has 1 aliphatic rings. The molecule has 1 amide bonds. The van der Waals surface area contributed by atoms with E-state index in [2.05, 4.69) is 35.1 Å². The van der Waals surface area contributed by atoms with Gasteiger partial charge in [0.1, 0.15) is 12.1 Å². The number of hydrogen-bond acceptors (Lipinski definition) is 9. The van der Waals surface area contributed by atoms with Gasteiger partial charge in [-0.1, -0.05) is 6.07 Å². The van der Waals surface area contributed by atoms with Gasteiger partial charge in [0, 0.05) is 43.4 Å². The summed E-state index contributed by atoms with van der Waals surface area (Å²) in [6.45, 7) is 4.85. The van der Waals surface area contributed by atoms with E-state index in [0.717, 1.165) is 42.3 Å². The third kappa shape index (κ3) is 4.28. The van der Waals surface area contributed by atoms with Gasteiger partial charge in [-0.3, -0.25) is 9.69 Å². The van der Waals surface area contributed by atoms with Gasteiger partial charge < -0.3 is 15.0 Å². The number of aromatic nitrogens is 5. The Bertz CT molecular complexity index is 1290. The van der Waals surface area contributed by atoms with Crippen molar-refractivity contribution in [2.75, 3.05) is 41.4 Å². The predicted octanol–water partition coefficient (Wildman–Crippen LogP) is 3.00. The predicted molar refractivity (Wildman–Crippen MR) is 125 cm³/mol. The first-order valence-corrected chi connectivity index (χ1v) is 10.6. The summed E-state index contributed by atoms with van der Waals surface area (Å²) in [5, 5.41) is 3.32. The molecule has 0 radical (unpaired) electrons. The van der Waals surface area contributed by atoms with Crippen LogP contribution in [0.1, 0.15) is 5.56 Å². The van der Waals surface area contributed by atoms with Gasteiger partial charge in [-0.2, -0.15) is 0 Å². The SMILES string of the molecule is Cc1ccc(N(C=O)c2ccnc(N3CCOCC3)c2)cc1Nc1ncnc2nccnc12. The van der Waals surface area contributed by atoms with Crippen LogP contribution in [0.3, 0.4) is 0 Å². The Labute approximate surface area is 190 Å². The Morgan fingerprint density at radius 3 is 2.64 bits per heavy atom. The molecule has 1 aromatic carbocycles. The Balaban J connectivity index is 1.47. The molecule has 33 heavy (non-hydrogen) atoms. The van der Waals surface area contributed by atoms with Crippen molar-refractivity contribution in [3.8, 4) is 0 Å². The van der Waals surface area contributed by atoms with E-state index in [4.69, 9.17) is 4.74 Å². The second-order valence-electron chi connectivity index (χ2n) is 7.52. The zero-order valence-electron chi connectivity index (χ0n) is 18.0. The van der Waals surface area contributed by atoms with Crippen LogP contribution in [0.5, 0.6) is 0 Å². The third-order valence-electron chi connectivity index (χ3n) is 5.47. The van der Waals surface area contributed by atoms with Gasteiger partial charge in [0.05, 0.1) is 24.6 Å². The normalized spacial score (nSPS) is 13.7. The Hall–Kier alpha value is -4.18. The molecule has 0 spiro atoms. The number of anilines is 5. The second-order valence-corrected chi connectivity index (χ2v) is 7.52. The maximum Gasteiger partial charge on any atom is 0.218 e. The number of carbonyl (C=O) groups excluding carboxylic acids is 1. The fraction of sp³-hybridized carbons (Fsp3) is 0.217. The highest BCUT2D eigenvalue weighted by atomic mass is 16.5. The Kier molecular flexibility index (Phi) is 5.73. The Morgan fingerprint density at radius 1 is 0.970 bits per heavy atom. The highest BCUT2D eigenvalue weighted by Gasteiger charge is 2.16. The molecule has 1 aliphatic heterocycles. The molecule has 0 bridgehead atoms. The monoisotopic (exact) mass is 442 g/mol. The summed E-state index contributed by atoms with van der Waals surface area (Å²) in [5.74, 6) is 1.36.